The Hall–Kier alpha value is -0.370. The number of hydrogen-bond donors (Lipinski definition) is 0. The summed E-state index contributed by atoms with van der Waals surface area (Å²) in [5, 5.41) is 0. The molecule has 1 aliphatic carbocycles. The summed E-state index contributed by atoms with van der Waals surface area (Å²) in [6, 6.07) is 0. The predicted molar refractivity (Wildman–Crippen MR) is 36.6 cm³/mol. The summed E-state index contributed by atoms with van der Waals surface area (Å²) in [5.41, 5.74) is -0.0822. The molecule has 1 saturated heterocycles. The van der Waals surface area contributed by atoms with Crippen molar-refractivity contribution in [3.8, 4) is 0 Å². The third kappa shape index (κ3) is 0.511. The van der Waals surface area contributed by atoms with E-state index >= 15 is 0 Å². The summed E-state index contributed by atoms with van der Waals surface area (Å²) >= 11 is 0. The number of fused-ring (bicyclic) bond motifs is 1. The third-order valence-corrected chi connectivity index (χ3v) is 2.98. The molecular weight excluding hydrogens is 128 g/mol. The van der Waals surface area contributed by atoms with Crippen molar-refractivity contribution in [1.82, 2.24) is 0 Å². The van der Waals surface area contributed by atoms with E-state index in [0.717, 1.165) is 6.61 Å². The molecule has 2 fully saturated rings. The van der Waals surface area contributed by atoms with Gasteiger partial charge in [-0.3, -0.25) is 4.79 Å². The van der Waals surface area contributed by atoms with Gasteiger partial charge in [0.05, 0.1) is 13.2 Å². The lowest BCUT2D eigenvalue weighted by Gasteiger charge is -2.44. The van der Waals surface area contributed by atoms with Crippen molar-refractivity contribution in [2.45, 2.75) is 13.8 Å². The largest absolute Gasteiger partial charge is 0.380 e. The maximum absolute atomic E-state index is 11.3. The average Bonchev–Trinajstić information content (AvgIpc) is 2.31. The zero-order chi connectivity index (χ0) is 7.35. The van der Waals surface area contributed by atoms with Gasteiger partial charge in [-0.1, -0.05) is 13.8 Å². The number of ether oxygens (including phenoxy) is 1. The minimum Gasteiger partial charge on any atom is -0.380 e. The Morgan fingerprint density at radius 1 is 1.50 bits per heavy atom. The topological polar surface area (TPSA) is 26.3 Å². The second kappa shape index (κ2) is 1.62. The van der Waals surface area contributed by atoms with Crippen LogP contribution in [0.1, 0.15) is 13.8 Å². The number of carbonyl (C=O) groups is 1. The zero-order valence-corrected chi connectivity index (χ0v) is 6.39. The first kappa shape index (κ1) is 6.35. The fraction of sp³-hybridized carbons (Fsp3) is 0.875. The Balaban J connectivity index is 2.23. The summed E-state index contributed by atoms with van der Waals surface area (Å²) < 4.78 is 5.22. The number of Topliss-reactive ketones (excluding diaryl/α,β-unsaturated/α-hetero) is 1. The quantitative estimate of drug-likeness (QED) is 0.498. The molecule has 1 aliphatic heterocycles. The molecule has 2 rings (SSSR count). The molecule has 1 saturated carbocycles. The van der Waals surface area contributed by atoms with E-state index in [1.54, 1.807) is 0 Å². The highest BCUT2D eigenvalue weighted by atomic mass is 16.5. The standard InChI is InChI=1S/C8H12O2/c1-8(2)6-4-10-3-5(6)7(8)9/h5-6H,3-4H2,1-2H3. The lowest BCUT2D eigenvalue weighted by Crippen LogP contribution is -2.53. The smallest absolute Gasteiger partial charge is 0.144 e. The first-order chi connectivity index (χ1) is 4.64. The SMILES string of the molecule is CC1(C)C(=O)C2COCC21. The minimum absolute atomic E-state index is 0.0822. The van der Waals surface area contributed by atoms with E-state index in [9.17, 15) is 4.79 Å². The monoisotopic (exact) mass is 140 g/mol. The molecule has 2 aliphatic rings. The van der Waals surface area contributed by atoms with E-state index in [1.165, 1.54) is 0 Å². The second-order valence-corrected chi connectivity index (χ2v) is 3.84. The van der Waals surface area contributed by atoms with Crippen LogP contribution in [-0.2, 0) is 9.53 Å². The second-order valence-electron chi connectivity index (χ2n) is 3.84. The van der Waals surface area contributed by atoms with Gasteiger partial charge in [0.15, 0.2) is 0 Å². The number of carbonyl (C=O) groups excluding carboxylic acids is 1. The molecule has 0 aromatic carbocycles. The summed E-state index contributed by atoms with van der Waals surface area (Å²) in [6.07, 6.45) is 0. The predicted octanol–water partition coefficient (Wildman–Crippen LogP) is 0.858. The number of ketones is 1. The maximum Gasteiger partial charge on any atom is 0.144 e. The zero-order valence-electron chi connectivity index (χ0n) is 6.39. The number of hydrogen-bond acceptors (Lipinski definition) is 2. The fourth-order valence-electron chi connectivity index (χ4n) is 2.09. The van der Waals surface area contributed by atoms with Gasteiger partial charge in [0.2, 0.25) is 0 Å². The molecule has 2 atom stereocenters. The maximum atomic E-state index is 11.3. The molecular formula is C8H12O2. The van der Waals surface area contributed by atoms with Gasteiger partial charge in [0, 0.05) is 17.3 Å². The summed E-state index contributed by atoms with van der Waals surface area (Å²) in [7, 11) is 0. The molecule has 0 amide bonds. The van der Waals surface area contributed by atoms with E-state index in [4.69, 9.17) is 4.74 Å². The van der Waals surface area contributed by atoms with E-state index in [1.807, 2.05) is 13.8 Å². The molecule has 56 valence electrons. The highest BCUT2D eigenvalue weighted by Crippen LogP contribution is 2.50. The summed E-state index contributed by atoms with van der Waals surface area (Å²) in [5.74, 6) is 1.16. The van der Waals surface area contributed by atoms with Crippen LogP contribution in [0, 0.1) is 17.3 Å². The van der Waals surface area contributed by atoms with E-state index < -0.39 is 0 Å². The van der Waals surface area contributed by atoms with Crippen LogP contribution < -0.4 is 0 Å². The van der Waals surface area contributed by atoms with E-state index in [-0.39, 0.29) is 11.3 Å². The van der Waals surface area contributed by atoms with Crippen molar-refractivity contribution in [3.63, 3.8) is 0 Å². The van der Waals surface area contributed by atoms with Crippen molar-refractivity contribution >= 4 is 5.78 Å². The molecule has 0 aromatic rings. The number of rotatable bonds is 0. The van der Waals surface area contributed by atoms with Gasteiger partial charge in [0.25, 0.3) is 0 Å². The molecule has 0 bridgehead atoms. The lowest BCUT2D eigenvalue weighted by atomic mass is 9.56. The van der Waals surface area contributed by atoms with Gasteiger partial charge < -0.3 is 4.74 Å². The van der Waals surface area contributed by atoms with Gasteiger partial charge in [-0.05, 0) is 0 Å². The van der Waals surface area contributed by atoms with Crippen molar-refractivity contribution in [2.24, 2.45) is 17.3 Å². The molecule has 0 spiro atoms. The molecule has 2 unspecified atom stereocenters. The van der Waals surface area contributed by atoms with Gasteiger partial charge >= 0.3 is 0 Å². The van der Waals surface area contributed by atoms with Crippen molar-refractivity contribution in [3.05, 3.63) is 0 Å². The van der Waals surface area contributed by atoms with Crippen LogP contribution in [0.25, 0.3) is 0 Å². The van der Waals surface area contributed by atoms with Crippen LogP contribution in [0.15, 0.2) is 0 Å². The van der Waals surface area contributed by atoms with Crippen molar-refractivity contribution in [2.75, 3.05) is 13.2 Å². The van der Waals surface area contributed by atoms with Crippen LogP contribution in [-0.4, -0.2) is 19.0 Å². The summed E-state index contributed by atoms with van der Waals surface area (Å²) in [6.45, 7) is 5.51. The van der Waals surface area contributed by atoms with E-state index in [2.05, 4.69) is 0 Å². The fourth-order valence-corrected chi connectivity index (χ4v) is 2.09. The van der Waals surface area contributed by atoms with Crippen LogP contribution in [0.5, 0.6) is 0 Å². The highest BCUT2D eigenvalue weighted by molar-refractivity contribution is 5.93. The highest BCUT2D eigenvalue weighted by Gasteiger charge is 2.58. The Kier molecular flexibility index (Phi) is 1.03. The van der Waals surface area contributed by atoms with Crippen molar-refractivity contribution < 1.29 is 9.53 Å². The molecule has 0 aromatic heterocycles. The first-order valence-electron chi connectivity index (χ1n) is 3.76. The van der Waals surface area contributed by atoms with Crippen LogP contribution >= 0.6 is 0 Å². The Morgan fingerprint density at radius 2 is 2.20 bits per heavy atom. The Morgan fingerprint density at radius 3 is 2.80 bits per heavy atom. The Bertz CT molecular complexity index is 184. The molecule has 10 heavy (non-hydrogen) atoms. The first-order valence-corrected chi connectivity index (χ1v) is 3.76. The van der Waals surface area contributed by atoms with Gasteiger partial charge in [0.1, 0.15) is 5.78 Å². The van der Waals surface area contributed by atoms with Crippen LogP contribution in [0.4, 0.5) is 0 Å². The average molecular weight is 140 g/mol. The Labute approximate surface area is 60.6 Å². The van der Waals surface area contributed by atoms with E-state index in [0.29, 0.717) is 18.3 Å². The minimum atomic E-state index is -0.0822. The van der Waals surface area contributed by atoms with Gasteiger partial charge in [-0.25, -0.2) is 0 Å². The molecule has 0 radical (unpaired) electrons. The van der Waals surface area contributed by atoms with Crippen LogP contribution in [0.2, 0.25) is 0 Å². The van der Waals surface area contributed by atoms with Crippen molar-refractivity contribution in [1.29, 1.82) is 0 Å². The third-order valence-electron chi connectivity index (χ3n) is 2.98. The molecule has 1 heterocycles. The molecule has 2 heteroatoms. The normalized spacial score (nSPS) is 42.8. The summed E-state index contributed by atoms with van der Waals surface area (Å²) in [4.78, 5) is 11.3. The van der Waals surface area contributed by atoms with Gasteiger partial charge in [-0.15, -0.1) is 0 Å². The van der Waals surface area contributed by atoms with Crippen LogP contribution in [0.3, 0.4) is 0 Å². The lowest BCUT2D eigenvalue weighted by molar-refractivity contribution is -0.148. The molecule has 2 nitrogen and oxygen atoms in total. The van der Waals surface area contributed by atoms with Gasteiger partial charge in [-0.2, -0.15) is 0 Å². The molecule has 0 N–H and O–H groups in total.